The first-order valence-electron chi connectivity index (χ1n) is 4.63. The molecule has 1 aromatic heterocycles. The van der Waals surface area contributed by atoms with Crippen LogP contribution in [0.1, 0.15) is 11.3 Å². The lowest BCUT2D eigenvalue weighted by molar-refractivity contribution is -0.140. The number of aliphatic imine (C=N–C) groups is 1. The van der Waals surface area contributed by atoms with Gasteiger partial charge in [0.2, 0.25) is 6.08 Å². The summed E-state index contributed by atoms with van der Waals surface area (Å²) in [6.07, 6.45) is -2.42. The molecule has 0 radical (unpaired) electrons. The maximum atomic E-state index is 12.5. The van der Waals surface area contributed by atoms with Crippen molar-refractivity contribution in [3.05, 3.63) is 23.5 Å². The molecule has 0 aromatic carbocycles. The van der Waals surface area contributed by atoms with Crippen LogP contribution >= 0.6 is 0 Å². The van der Waals surface area contributed by atoms with E-state index in [2.05, 4.69) is 9.98 Å². The quantitative estimate of drug-likeness (QED) is 0.605. The van der Waals surface area contributed by atoms with Crippen molar-refractivity contribution < 1.29 is 18.0 Å². The van der Waals surface area contributed by atoms with Gasteiger partial charge in [-0.15, -0.1) is 0 Å². The normalized spacial score (nSPS) is 11.4. The molecule has 0 saturated carbocycles. The molecule has 0 aliphatic rings. The Balaban J connectivity index is 3.22. The topological polar surface area (TPSA) is 45.6 Å². The summed E-state index contributed by atoms with van der Waals surface area (Å²) in [5.74, 6) is 0. The van der Waals surface area contributed by atoms with E-state index in [0.717, 1.165) is 12.3 Å². The van der Waals surface area contributed by atoms with E-state index < -0.39 is 17.6 Å². The zero-order valence-electron chi connectivity index (χ0n) is 9.25. The van der Waals surface area contributed by atoms with Crippen LogP contribution in [0.15, 0.2) is 17.3 Å². The minimum atomic E-state index is -4.63. The molecule has 17 heavy (non-hydrogen) atoms. The molecule has 0 bridgehead atoms. The average molecular weight is 245 g/mol. The molecule has 4 nitrogen and oxygen atoms in total. The highest BCUT2D eigenvalue weighted by Gasteiger charge is 2.35. The van der Waals surface area contributed by atoms with Crippen molar-refractivity contribution in [3.8, 4) is 0 Å². The van der Waals surface area contributed by atoms with Crippen LogP contribution in [-0.4, -0.2) is 30.1 Å². The fourth-order valence-corrected chi connectivity index (χ4v) is 1.30. The minimum absolute atomic E-state index is 0.409. The van der Waals surface area contributed by atoms with Crippen molar-refractivity contribution in [2.24, 2.45) is 4.99 Å². The summed E-state index contributed by atoms with van der Waals surface area (Å²) >= 11 is 0. The predicted octanol–water partition coefficient (Wildman–Crippen LogP) is 2.13. The number of aromatic nitrogens is 1. The first-order valence-corrected chi connectivity index (χ1v) is 4.63. The predicted molar refractivity (Wildman–Crippen MR) is 54.4 cm³/mol. The fourth-order valence-electron chi connectivity index (χ4n) is 1.30. The number of carbonyl (C=O) groups excluding carboxylic acids is 1. The Morgan fingerprint density at radius 2 is 2.12 bits per heavy atom. The van der Waals surface area contributed by atoms with Crippen LogP contribution < -0.4 is 0 Å². The van der Waals surface area contributed by atoms with Gasteiger partial charge >= 0.3 is 6.18 Å². The molecule has 1 aromatic rings. The Hall–Kier alpha value is -1.72. The van der Waals surface area contributed by atoms with Crippen molar-refractivity contribution in [2.45, 2.75) is 12.7 Å². The molecule has 0 aliphatic carbocycles. The van der Waals surface area contributed by atoms with Gasteiger partial charge in [-0.1, -0.05) is 0 Å². The number of hydrogen-bond acceptors (Lipinski definition) is 4. The van der Waals surface area contributed by atoms with Gasteiger partial charge in [0, 0.05) is 12.7 Å². The molecule has 1 rings (SSSR count). The summed E-state index contributed by atoms with van der Waals surface area (Å²) in [6, 6.07) is 1.18. The van der Waals surface area contributed by atoms with Crippen molar-refractivity contribution in [3.63, 3.8) is 0 Å². The number of alkyl halides is 3. The molecule has 0 unspecified atom stereocenters. The summed E-state index contributed by atoms with van der Waals surface area (Å²) in [5.41, 5.74) is -1.15. The van der Waals surface area contributed by atoms with Gasteiger partial charge in [0.25, 0.3) is 0 Å². The van der Waals surface area contributed by atoms with E-state index in [0.29, 0.717) is 12.1 Å². The van der Waals surface area contributed by atoms with Crippen LogP contribution in [0.2, 0.25) is 0 Å². The van der Waals surface area contributed by atoms with Crippen LogP contribution in [0.5, 0.6) is 0 Å². The van der Waals surface area contributed by atoms with E-state index in [1.54, 1.807) is 19.0 Å². The summed E-state index contributed by atoms with van der Waals surface area (Å²) in [5, 5.41) is 0. The molecule has 0 N–H and O–H groups in total. The zero-order chi connectivity index (χ0) is 13.1. The third-order valence-electron chi connectivity index (χ3n) is 1.86. The SMILES string of the molecule is CN(C)Cc1cnc(C(F)(F)F)c(N=C=O)c1. The van der Waals surface area contributed by atoms with Crippen molar-refractivity contribution >= 4 is 11.8 Å². The summed E-state index contributed by atoms with van der Waals surface area (Å²) < 4.78 is 37.5. The summed E-state index contributed by atoms with van der Waals surface area (Å²) in [4.78, 5) is 18.2. The second kappa shape index (κ2) is 5.07. The number of hydrogen-bond donors (Lipinski definition) is 0. The van der Waals surface area contributed by atoms with E-state index in [-0.39, 0.29) is 0 Å². The van der Waals surface area contributed by atoms with E-state index in [1.165, 1.54) is 6.07 Å². The highest BCUT2D eigenvalue weighted by Crippen LogP contribution is 2.34. The van der Waals surface area contributed by atoms with Crippen molar-refractivity contribution in [1.29, 1.82) is 0 Å². The lowest BCUT2D eigenvalue weighted by Crippen LogP contribution is -2.13. The molecule has 92 valence electrons. The molecular formula is C10H10F3N3O. The first kappa shape index (κ1) is 13.3. The first-order chi connectivity index (χ1) is 7.84. The third kappa shape index (κ3) is 3.65. The average Bonchev–Trinajstić information content (AvgIpc) is 2.15. The summed E-state index contributed by atoms with van der Waals surface area (Å²) in [7, 11) is 3.53. The van der Waals surface area contributed by atoms with Gasteiger partial charge < -0.3 is 4.90 Å². The Kier molecular flexibility index (Phi) is 3.98. The van der Waals surface area contributed by atoms with Gasteiger partial charge in [0.15, 0.2) is 5.69 Å². The maximum absolute atomic E-state index is 12.5. The number of pyridine rings is 1. The second-order valence-electron chi connectivity index (χ2n) is 3.65. The molecule has 0 saturated heterocycles. The fraction of sp³-hybridized carbons (Fsp3) is 0.400. The highest BCUT2D eigenvalue weighted by atomic mass is 19.4. The Labute approximate surface area is 95.8 Å². The van der Waals surface area contributed by atoms with E-state index in [4.69, 9.17) is 0 Å². The lowest BCUT2D eigenvalue weighted by Gasteiger charge is -2.12. The standard InChI is InChI=1S/C10H10F3N3O/c1-16(2)5-7-3-8(15-6-17)9(14-4-7)10(11,12)13/h3-4H,5H2,1-2H3. The number of halogens is 3. The van der Waals surface area contributed by atoms with Gasteiger partial charge in [-0.2, -0.15) is 18.2 Å². The van der Waals surface area contributed by atoms with Crippen LogP contribution in [0, 0.1) is 0 Å². The minimum Gasteiger partial charge on any atom is -0.305 e. The summed E-state index contributed by atoms with van der Waals surface area (Å²) in [6.45, 7) is 0.409. The van der Waals surface area contributed by atoms with Gasteiger partial charge in [0.05, 0.1) is 0 Å². The van der Waals surface area contributed by atoms with Crippen LogP contribution in [0.25, 0.3) is 0 Å². The molecule has 0 aliphatic heterocycles. The molecule has 1 heterocycles. The van der Waals surface area contributed by atoms with Crippen LogP contribution in [-0.2, 0) is 17.5 Å². The Morgan fingerprint density at radius 1 is 1.47 bits per heavy atom. The highest BCUT2D eigenvalue weighted by molar-refractivity contribution is 5.53. The van der Waals surface area contributed by atoms with Gasteiger partial charge in [-0.05, 0) is 25.7 Å². The molecule has 7 heteroatoms. The van der Waals surface area contributed by atoms with Crippen LogP contribution in [0.3, 0.4) is 0 Å². The van der Waals surface area contributed by atoms with Crippen molar-refractivity contribution in [2.75, 3.05) is 14.1 Å². The van der Waals surface area contributed by atoms with Crippen molar-refractivity contribution in [1.82, 2.24) is 9.88 Å². The molecule has 0 fully saturated rings. The number of isocyanates is 1. The molecule has 0 atom stereocenters. The van der Waals surface area contributed by atoms with Gasteiger partial charge in [0.1, 0.15) is 5.69 Å². The Morgan fingerprint density at radius 3 is 2.59 bits per heavy atom. The molecular weight excluding hydrogens is 235 g/mol. The lowest BCUT2D eigenvalue weighted by atomic mass is 10.2. The molecule has 0 spiro atoms. The van der Waals surface area contributed by atoms with E-state index >= 15 is 0 Å². The van der Waals surface area contributed by atoms with Crippen LogP contribution in [0.4, 0.5) is 18.9 Å². The van der Waals surface area contributed by atoms with E-state index in [9.17, 15) is 18.0 Å². The van der Waals surface area contributed by atoms with Gasteiger partial charge in [-0.3, -0.25) is 0 Å². The Bertz CT molecular complexity index is 451. The second-order valence-corrected chi connectivity index (χ2v) is 3.65. The van der Waals surface area contributed by atoms with E-state index in [1.807, 2.05) is 0 Å². The number of rotatable bonds is 3. The smallest absolute Gasteiger partial charge is 0.305 e. The molecule has 0 amide bonds. The largest absolute Gasteiger partial charge is 0.435 e. The maximum Gasteiger partial charge on any atom is 0.435 e. The number of nitrogens with zero attached hydrogens (tertiary/aromatic N) is 3. The third-order valence-corrected chi connectivity index (χ3v) is 1.86. The van der Waals surface area contributed by atoms with Gasteiger partial charge in [-0.25, -0.2) is 9.78 Å². The monoisotopic (exact) mass is 245 g/mol. The zero-order valence-corrected chi connectivity index (χ0v) is 9.25.